The van der Waals surface area contributed by atoms with E-state index < -0.39 is 0 Å². The standard InChI is InChI=1S/C9H15N7S/c1-17-4-2-3-11-7-6-5-12-16-8(6)14-9(13-7)15-10/h5H,2-4,10H2,1H3,(H3,11,12,13,14,15,16). The molecule has 0 saturated carbocycles. The van der Waals surface area contributed by atoms with Gasteiger partial charge in [0.25, 0.3) is 0 Å². The van der Waals surface area contributed by atoms with Gasteiger partial charge in [-0.05, 0) is 18.4 Å². The molecular formula is C9H15N7S. The third-order valence-electron chi connectivity index (χ3n) is 2.26. The molecule has 2 rings (SSSR count). The van der Waals surface area contributed by atoms with Crippen molar-refractivity contribution in [2.75, 3.05) is 29.3 Å². The lowest BCUT2D eigenvalue weighted by molar-refractivity contribution is 0.981. The Kier molecular flexibility index (Phi) is 3.99. The third-order valence-corrected chi connectivity index (χ3v) is 2.95. The topological polar surface area (TPSA) is 105 Å². The Morgan fingerprint density at radius 2 is 2.35 bits per heavy atom. The Balaban J connectivity index is 2.16. The van der Waals surface area contributed by atoms with Gasteiger partial charge >= 0.3 is 0 Å². The van der Waals surface area contributed by atoms with E-state index >= 15 is 0 Å². The Morgan fingerprint density at radius 3 is 3.12 bits per heavy atom. The van der Waals surface area contributed by atoms with Crippen molar-refractivity contribution >= 4 is 34.6 Å². The normalized spacial score (nSPS) is 10.7. The minimum Gasteiger partial charge on any atom is -0.369 e. The van der Waals surface area contributed by atoms with Crippen molar-refractivity contribution in [3.63, 3.8) is 0 Å². The largest absolute Gasteiger partial charge is 0.369 e. The van der Waals surface area contributed by atoms with E-state index in [9.17, 15) is 0 Å². The predicted octanol–water partition coefficient (Wildman–Crippen LogP) is 0.803. The molecule has 0 aromatic carbocycles. The smallest absolute Gasteiger partial charge is 0.241 e. The molecule has 0 spiro atoms. The molecule has 2 aromatic heterocycles. The summed E-state index contributed by atoms with van der Waals surface area (Å²) in [7, 11) is 0. The Hall–Kier alpha value is -1.54. The minimum absolute atomic E-state index is 0.370. The van der Waals surface area contributed by atoms with Crippen LogP contribution < -0.4 is 16.6 Å². The molecule has 17 heavy (non-hydrogen) atoms. The van der Waals surface area contributed by atoms with Crippen molar-refractivity contribution in [3.8, 4) is 0 Å². The van der Waals surface area contributed by atoms with Crippen LogP contribution >= 0.6 is 11.8 Å². The predicted molar refractivity (Wildman–Crippen MR) is 71.0 cm³/mol. The van der Waals surface area contributed by atoms with Gasteiger partial charge in [-0.3, -0.25) is 10.5 Å². The molecule has 7 nitrogen and oxygen atoms in total. The number of hydrazine groups is 1. The summed E-state index contributed by atoms with van der Waals surface area (Å²) in [6.45, 7) is 0.863. The first-order valence-electron chi connectivity index (χ1n) is 5.25. The number of hydrogen-bond acceptors (Lipinski definition) is 7. The van der Waals surface area contributed by atoms with Crippen LogP contribution in [0.15, 0.2) is 6.20 Å². The molecule has 0 fully saturated rings. The van der Waals surface area contributed by atoms with Crippen LogP contribution in [0.25, 0.3) is 11.0 Å². The quantitative estimate of drug-likeness (QED) is 0.343. The van der Waals surface area contributed by atoms with Crippen LogP contribution in [-0.2, 0) is 0 Å². The third kappa shape index (κ3) is 2.77. The molecule has 8 heteroatoms. The number of nitrogens with one attached hydrogen (secondary N) is 3. The van der Waals surface area contributed by atoms with Gasteiger partial charge in [-0.15, -0.1) is 0 Å². The van der Waals surface area contributed by atoms with Crippen LogP contribution in [0, 0.1) is 0 Å². The lowest BCUT2D eigenvalue weighted by Gasteiger charge is -2.07. The molecule has 0 aliphatic carbocycles. The van der Waals surface area contributed by atoms with Gasteiger partial charge in [0.15, 0.2) is 5.65 Å². The number of anilines is 2. The minimum atomic E-state index is 0.370. The summed E-state index contributed by atoms with van der Waals surface area (Å²) >= 11 is 1.83. The van der Waals surface area contributed by atoms with E-state index in [1.807, 2.05) is 11.8 Å². The maximum atomic E-state index is 5.31. The number of hydrogen-bond donors (Lipinski definition) is 4. The number of rotatable bonds is 6. The average molecular weight is 253 g/mol. The van der Waals surface area contributed by atoms with Crippen molar-refractivity contribution in [3.05, 3.63) is 6.20 Å². The number of aromatic amines is 1. The van der Waals surface area contributed by atoms with Crippen molar-refractivity contribution < 1.29 is 0 Å². The molecule has 0 bridgehead atoms. The van der Waals surface area contributed by atoms with Gasteiger partial charge in [0.2, 0.25) is 5.95 Å². The van der Waals surface area contributed by atoms with Gasteiger partial charge in [-0.25, -0.2) is 5.84 Å². The van der Waals surface area contributed by atoms with E-state index in [1.54, 1.807) is 6.20 Å². The van der Waals surface area contributed by atoms with Crippen molar-refractivity contribution in [1.29, 1.82) is 0 Å². The maximum absolute atomic E-state index is 5.31. The maximum Gasteiger partial charge on any atom is 0.241 e. The van der Waals surface area contributed by atoms with Crippen LogP contribution in [0.5, 0.6) is 0 Å². The fourth-order valence-electron chi connectivity index (χ4n) is 1.46. The summed E-state index contributed by atoms with van der Waals surface area (Å²) in [6, 6.07) is 0. The lowest BCUT2D eigenvalue weighted by atomic mass is 10.4. The van der Waals surface area contributed by atoms with Gasteiger partial charge < -0.3 is 5.32 Å². The van der Waals surface area contributed by atoms with E-state index in [0.717, 1.165) is 29.9 Å². The number of fused-ring (bicyclic) bond motifs is 1. The number of nitrogens with two attached hydrogens (primary N) is 1. The highest BCUT2D eigenvalue weighted by molar-refractivity contribution is 7.98. The van der Waals surface area contributed by atoms with E-state index in [-0.39, 0.29) is 0 Å². The van der Waals surface area contributed by atoms with E-state index in [0.29, 0.717) is 11.6 Å². The summed E-state index contributed by atoms with van der Waals surface area (Å²) in [5.74, 6) is 7.55. The summed E-state index contributed by atoms with van der Waals surface area (Å²) < 4.78 is 0. The molecular weight excluding hydrogens is 238 g/mol. The molecule has 5 N–H and O–H groups in total. The molecule has 0 saturated heterocycles. The van der Waals surface area contributed by atoms with Crippen LogP contribution in [0.1, 0.15) is 6.42 Å². The highest BCUT2D eigenvalue weighted by Gasteiger charge is 2.07. The first-order chi connectivity index (χ1) is 8.35. The van der Waals surface area contributed by atoms with Gasteiger partial charge in [0.05, 0.1) is 11.6 Å². The van der Waals surface area contributed by atoms with Crippen LogP contribution in [0.3, 0.4) is 0 Å². The molecule has 0 aliphatic heterocycles. The van der Waals surface area contributed by atoms with Crippen LogP contribution in [0.2, 0.25) is 0 Å². The van der Waals surface area contributed by atoms with E-state index in [1.165, 1.54) is 0 Å². The molecule has 0 radical (unpaired) electrons. The van der Waals surface area contributed by atoms with Gasteiger partial charge in [0, 0.05) is 6.54 Å². The Morgan fingerprint density at radius 1 is 1.47 bits per heavy atom. The Bertz CT molecular complexity index is 483. The highest BCUT2D eigenvalue weighted by Crippen LogP contribution is 2.19. The van der Waals surface area contributed by atoms with Crippen molar-refractivity contribution in [1.82, 2.24) is 20.2 Å². The molecule has 2 aromatic rings. The number of thioether (sulfide) groups is 1. The molecule has 0 aliphatic rings. The summed E-state index contributed by atoms with van der Waals surface area (Å²) in [5, 5.41) is 10.9. The van der Waals surface area contributed by atoms with Gasteiger partial charge in [-0.2, -0.15) is 26.8 Å². The average Bonchev–Trinajstić information content (AvgIpc) is 2.82. The zero-order valence-electron chi connectivity index (χ0n) is 9.53. The van der Waals surface area contributed by atoms with Gasteiger partial charge in [0.1, 0.15) is 5.82 Å². The van der Waals surface area contributed by atoms with E-state index in [2.05, 4.69) is 37.2 Å². The Labute approximate surface area is 103 Å². The van der Waals surface area contributed by atoms with Crippen molar-refractivity contribution in [2.45, 2.75) is 6.42 Å². The number of H-pyrrole nitrogens is 1. The second-order valence-corrected chi connectivity index (χ2v) is 4.43. The molecule has 92 valence electrons. The first kappa shape index (κ1) is 11.9. The lowest BCUT2D eigenvalue weighted by Crippen LogP contribution is -2.12. The second kappa shape index (κ2) is 5.69. The molecule has 0 unspecified atom stereocenters. The van der Waals surface area contributed by atoms with Gasteiger partial charge in [-0.1, -0.05) is 0 Å². The highest BCUT2D eigenvalue weighted by atomic mass is 32.2. The number of nitrogen functional groups attached to an aromatic ring is 1. The SMILES string of the molecule is CSCCCNc1nc(NN)nc2[nH]ncc12. The fourth-order valence-corrected chi connectivity index (χ4v) is 1.89. The molecule has 0 atom stereocenters. The first-order valence-corrected chi connectivity index (χ1v) is 6.65. The number of nitrogens with zero attached hydrogens (tertiary/aromatic N) is 3. The molecule has 2 heterocycles. The van der Waals surface area contributed by atoms with Crippen molar-refractivity contribution in [2.24, 2.45) is 5.84 Å². The monoisotopic (exact) mass is 253 g/mol. The second-order valence-electron chi connectivity index (χ2n) is 3.45. The zero-order chi connectivity index (χ0) is 12.1. The van der Waals surface area contributed by atoms with Crippen LogP contribution in [-0.4, -0.2) is 38.7 Å². The summed E-state index contributed by atoms with van der Waals surface area (Å²) in [6.07, 6.45) is 4.87. The van der Waals surface area contributed by atoms with E-state index in [4.69, 9.17) is 5.84 Å². The zero-order valence-corrected chi connectivity index (χ0v) is 10.3. The van der Waals surface area contributed by atoms with Crippen LogP contribution in [0.4, 0.5) is 11.8 Å². The summed E-state index contributed by atoms with van der Waals surface area (Å²) in [4.78, 5) is 8.41. The fraction of sp³-hybridized carbons (Fsp3) is 0.444. The molecule has 0 amide bonds. The number of aromatic nitrogens is 4. The summed E-state index contributed by atoms with van der Waals surface area (Å²) in [5.41, 5.74) is 3.10.